The van der Waals surface area contributed by atoms with Gasteiger partial charge < -0.3 is 0 Å². The highest BCUT2D eigenvalue weighted by molar-refractivity contribution is 7.18. The summed E-state index contributed by atoms with van der Waals surface area (Å²) in [6.45, 7) is 6.95. The van der Waals surface area contributed by atoms with Gasteiger partial charge >= 0.3 is 0 Å². The van der Waals surface area contributed by atoms with Crippen molar-refractivity contribution in [1.82, 2.24) is 4.98 Å². The molecule has 17 heavy (non-hydrogen) atoms. The molecule has 0 amide bonds. The highest BCUT2D eigenvalue weighted by Crippen LogP contribution is 2.26. The minimum absolute atomic E-state index is 0.786. The predicted octanol–water partition coefficient (Wildman–Crippen LogP) is 4.91. The molecule has 1 aromatic heterocycles. The second-order valence-electron chi connectivity index (χ2n) is 5.03. The van der Waals surface area contributed by atoms with Crippen LogP contribution in [0.2, 0.25) is 0 Å². The number of thiazole rings is 1. The van der Waals surface area contributed by atoms with Gasteiger partial charge in [0.2, 0.25) is 0 Å². The fraction of sp³-hybridized carbons (Fsp3) is 0.533. The first-order valence-electron chi connectivity index (χ1n) is 6.55. The van der Waals surface area contributed by atoms with Crippen LogP contribution in [0.5, 0.6) is 0 Å². The molecule has 0 bridgehead atoms. The second-order valence-corrected chi connectivity index (χ2v) is 6.14. The van der Waals surface area contributed by atoms with Gasteiger partial charge in [0.1, 0.15) is 0 Å². The highest BCUT2D eigenvalue weighted by atomic mass is 32.1. The summed E-state index contributed by atoms with van der Waals surface area (Å²) in [5.41, 5.74) is 1.16. The molecule has 2 heteroatoms. The monoisotopic (exact) mass is 247 g/mol. The summed E-state index contributed by atoms with van der Waals surface area (Å²) in [4.78, 5) is 4.70. The van der Waals surface area contributed by atoms with Crippen molar-refractivity contribution in [1.29, 1.82) is 0 Å². The predicted molar refractivity (Wildman–Crippen MR) is 76.6 cm³/mol. The molecule has 92 valence electrons. The van der Waals surface area contributed by atoms with E-state index in [2.05, 4.69) is 45.0 Å². The molecule has 1 atom stereocenters. The van der Waals surface area contributed by atoms with E-state index in [1.165, 1.54) is 22.5 Å². The van der Waals surface area contributed by atoms with Crippen molar-refractivity contribution in [3.05, 3.63) is 29.3 Å². The average molecular weight is 247 g/mol. The number of aromatic nitrogens is 1. The first kappa shape index (κ1) is 12.6. The van der Waals surface area contributed by atoms with Gasteiger partial charge in [-0.2, -0.15) is 0 Å². The summed E-state index contributed by atoms with van der Waals surface area (Å²) in [6, 6.07) is 8.42. The molecule has 2 rings (SSSR count). The van der Waals surface area contributed by atoms with Gasteiger partial charge in [-0.25, -0.2) is 4.98 Å². The van der Waals surface area contributed by atoms with Gasteiger partial charge in [-0.3, -0.25) is 0 Å². The third-order valence-corrected chi connectivity index (χ3v) is 4.63. The minimum Gasteiger partial charge on any atom is -0.241 e. The fourth-order valence-electron chi connectivity index (χ4n) is 2.34. The average Bonchev–Trinajstić information content (AvgIpc) is 2.71. The molecule has 1 aromatic carbocycles. The molecule has 1 heterocycles. The standard InChI is InChI=1S/C15H21NS/c1-4-12(11(2)3)9-10-15-16-13-7-5-6-8-14(13)17-15/h5-8,11-12H,4,9-10H2,1-3H3. The first-order chi connectivity index (χ1) is 8.20. The van der Waals surface area contributed by atoms with Gasteiger partial charge in [0.05, 0.1) is 15.2 Å². The molecule has 0 aliphatic rings. The molecule has 0 saturated carbocycles. The van der Waals surface area contributed by atoms with Gasteiger partial charge in [0.25, 0.3) is 0 Å². The van der Waals surface area contributed by atoms with Gasteiger partial charge in [0.15, 0.2) is 0 Å². The lowest BCUT2D eigenvalue weighted by Crippen LogP contribution is -2.08. The fourth-order valence-corrected chi connectivity index (χ4v) is 3.33. The zero-order valence-electron chi connectivity index (χ0n) is 10.9. The molecule has 1 nitrogen and oxygen atoms in total. The van der Waals surface area contributed by atoms with Crippen LogP contribution in [0, 0.1) is 11.8 Å². The zero-order chi connectivity index (χ0) is 12.3. The number of para-hydroxylation sites is 1. The molecule has 2 aromatic rings. The minimum atomic E-state index is 0.786. The van der Waals surface area contributed by atoms with E-state index in [0.717, 1.165) is 23.8 Å². The molecule has 0 aliphatic carbocycles. The normalized spacial score (nSPS) is 13.4. The van der Waals surface area contributed by atoms with Crippen LogP contribution in [0.15, 0.2) is 24.3 Å². The molecule has 1 unspecified atom stereocenters. The summed E-state index contributed by atoms with van der Waals surface area (Å²) in [7, 11) is 0. The van der Waals surface area contributed by atoms with Crippen LogP contribution in [-0.4, -0.2) is 4.98 Å². The van der Waals surface area contributed by atoms with Crippen molar-refractivity contribution in [2.45, 2.75) is 40.0 Å². The Morgan fingerprint density at radius 2 is 2.00 bits per heavy atom. The number of rotatable bonds is 5. The molecular weight excluding hydrogens is 226 g/mol. The number of hydrogen-bond donors (Lipinski definition) is 0. The van der Waals surface area contributed by atoms with Gasteiger partial charge in [-0.05, 0) is 36.8 Å². The van der Waals surface area contributed by atoms with Crippen molar-refractivity contribution in [2.24, 2.45) is 11.8 Å². The first-order valence-corrected chi connectivity index (χ1v) is 7.36. The Bertz CT molecular complexity index is 439. The van der Waals surface area contributed by atoms with Crippen LogP contribution in [-0.2, 0) is 6.42 Å². The highest BCUT2D eigenvalue weighted by Gasteiger charge is 2.12. The summed E-state index contributed by atoms with van der Waals surface area (Å²) in [5.74, 6) is 1.62. The smallest absolute Gasteiger partial charge is 0.0938 e. The van der Waals surface area contributed by atoms with E-state index in [1.807, 2.05) is 11.3 Å². The van der Waals surface area contributed by atoms with Crippen molar-refractivity contribution in [2.75, 3.05) is 0 Å². The number of benzene rings is 1. The zero-order valence-corrected chi connectivity index (χ0v) is 11.8. The number of aryl methyl sites for hydroxylation is 1. The molecular formula is C15H21NS. The van der Waals surface area contributed by atoms with Crippen molar-refractivity contribution in [3.8, 4) is 0 Å². The third-order valence-electron chi connectivity index (χ3n) is 3.53. The summed E-state index contributed by atoms with van der Waals surface area (Å²) in [6.07, 6.45) is 3.69. The van der Waals surface area contributed by atoms with Crippen LogP contribution >= 0.6 is 11.3 Å². The van der Waals surface area contributed by atoms with E-state index < -0.39 is 0 Å². The molecule has 0 fully saturated rings. The number of fused-ring (bicyclic) bond motifs is 1. The van der Waals surface area contributed by atoms with Crippen molar-refractivity contribution < 1.29 is 0 Å². The lowest BCUT2D eigenvalue weighted by Gasteiger charge is -2.17. The van der Waals surface area contributed by atoms with E-state index in [-0.39, 0.29) is 0 Å². The molecule has 0 saturated heterocycles. The Balaban J connectivity index is 2.03. The Morgan fingerprint density at radius 1 is 1.24 bits per heavy atom. The third kappa shape index (κ3) is 3.06. The topological polar surface area (TPSA) is 12.9 Å². The van der Waals surface area contributed by atoms with Crippen LogP contribution in [0.3, 0.4) is 0 Å². The van der Waals surface area contributed by atoms with Crippen molar-refractivity contribution in [3.63, 3.8) is 0 Å². The maximum absolute atomic E-state index is 4.70. The molecule has 0 radical (unpaired) electrons. The molecule has 0 aliphatic heterocycles. The van der Waals surface area contributed by atoms with Gasteiger partial charge in [-0.15, -0.1) is 11.3 Å². The van der Waals surface area contributed by atoms with Crippen LogP contribution in [0.25, 0.3) is 10.2 Å². The summed E-state index contributed by atoms with van der Waals surface area (Å²) >= 11 is 1.85. The van der Waals surface area contributed by atoms with E-state index in [4.69, 9.17) is 4.98 Å². The van der Waals surface area contributed by atoms with E-state index >= 15 is 0 Å². The van der Waals surface area contributed by atoms with E-state index in [0.29, 0.717) is 0 Å². The van der Waals surface area contributed by atoms with Gasteiger partial charge in [-0.1, -0.05) is 39.3 Å². The summed E-state index contributed by atoms with van der Waals surface area (Å²) < 4.78 is 1.32. The van der Waals surface area contributed by atoms with Crippen LogP contribution in [0.1, 0.15) is 38.6 Å². The molecule has 0 spiro atoms. The lowest BCUT2D eigenvalue weighted by molar-refractivity contribution is 0.349. The second kappa shape index (κ2) is 5.63. The summed E-state index contributed by atoms with van der Waals surface area (Å²) in [5, 5.41) is 1.30. The van der Waals surface area contributed by atoms with Crippen molar-refractivity contribution >= 4 is 21.6 Å². The maximum Gasteiger partial charge on any atom is 0.0938 e. The van der Waals surface area contributed by atoms with Crippen LogP contribution in [0.4, 0.5) is 0 Å². The van der Waals surface area contributed by atoms with E-state index in [9.17, 15) is 0 Å². The Kier molecular flexibility index (Phi) is 4.16. The largest absolute Gasteiger partial charge is 0.241 e. The molecule has 0 N–H and O–H groups in total. The number of nitrogens with zero attached hydrogens (tertiary/aromatic N) is 1. The lowest BCUT2D eigenvalue weighted by atomic mass is 9.89. The quantitative estimate of drug-likeness (QED) is 0.731. The maximum atomic E-state index is 4.70. The van der Waals surface area contributed by atoms with Gasteiger partial charge in [0, 0.05) is 0 Å². The Hall–Kier alpha value is -0.890. The van der Waals surface area contributed by atoms with E-state index in [1.54, 1.807) is 0 Å². The van der Waals surface area contributed by atoms with Crippen LogP contribution < -0.4 is 0 Å². The Labute approximate surface area is 108 Å². The number of hydrogen-bond acceptors (Lipinski definition) is 2. The Morgan fingerprint density at radius 3 is 2.65 bits per heavy atom. The SMILES string of the molecule is CCC(CCc1nc2ccccc2s1)C(C)C.